The largest absolute Gasteiger partial charge is 0.543 e. The zero-order chi connectivity index (χ0) is 42.2. The Balaban J connectivity index is 1.15. The summed E-state index contributed by atoms with van der Waals surface area (Å²) in [7, 11) is -4.63. The topological polar surface area (TPSA) is 18.5 Å². The molecule has 2 nitrogen and oxygen atoms in total. The van der Waals surface area contributed by atoms with Gasteiger partial charge in [0.05, 0.1) is 8.80 Å². The standard InChI is InChI=1S/C55H65O2Si3/c1-10-59(11-2,12-3)56-42-32-30-40-22-20-28-44(50(40)36-42)46-24-16-18-26-48-52(46)34-38(7)54(48)58(9)55-39(8)35-53-47(25-17-19-27-49(53)55)45-29-21-23-41-31-33-43(37-51(41)45)57-60(13-4,14-5)15-6/h16-37,46-47,54-55H,10-15H2,1-9H3. The van der Waals surface area contributed by atoms with Gasteiger partial charge in [-0.05, 0) is 140 Å². The Kier molecular flexibility index (Phi) is 12.3. The normalized spacial score (nSPS) is 21.4. The third kappa shape index (κ3) is 7.60. The van der Waals surface area contributed by atoms with E-state index in [0.717, 1.165) is 47.8 Å². The molecule has 0 aliphatic heterocycles. The van der Waals surface area contributed by atoms with Crippen molar-refractivity contribution in [2.45, 2.75) is 121 Å². The molecule has 0 N–H and O–H groups in total. The first-order chi connectivity index (χ1) is 29.1. The fourth-order valence-corrected chi connectivity index (χ4v) is 19.6. The number of hydrogen-bond acceptors (Lipinski definition) is 2. The van der Waals surface area contributed by atoms with Crippen LogP contribution in [0.4, 0.5) is 0 Å². The third-order valence-electron chi connectivity index (χ3n) is 14.9. The summed E-state index contributed by atoms with van der Waals surface area (Å²) in [6.45, 7) is 21.3. The van der Waals surface area contributed by atoms with E-state index in [1.165, 1.54) is 66.1 Å². The van der Waals surface area contributed by atoms with E-state index in [0.29, 0.717) is 11.1 Å². The van der Waals surface area contributed by atoms with Crippen molar-refractivity contribution in [3.63, 3.8) is 0 Å². The summed E-state index contributed by atoms with van der Waals surface area (Å²) in [5, 5.41) is 5.17. The molecule has 0 saturated heterocycles. The molecule has 4 aliphatic carbocycles. The molecular formula is C55H65O2Si3. The Morgan fingerprint density at radius 1 is 0.500 bits per heavy atom. The van der Waals surface area contributed by atoms with Gasteiger partial charge in [-0.15, -0.1) is 0 Å². The minimum Gasteiger partial charge on any atom is -0.543 e. The van der Waals surface area contributed by atoms with Crippen LogP contribution >= 0.6 is 0 Å². The van der Waals surface area contributed by atoms with Gasteiger partial charge in [-0.3, -0.25) is 0 Å². The zero-order valence-corrected chi connectivity index (χ0v) is 40.6. The van der Waals surface area contributed by atoms with Gasteiger partial charge in [0.25, 0.3) is 0 Å². The molecule has 4 atom stereocenters. The molecule has 309 valence electrons. The van der Waals surface area contributed by atoms with Crippen LogP contribution in [0.2, 0.25) is 53.9 Å². The molecule has 0 bridgehead atoms. The highest BCUT2D eigenvalue weighted by Gasteiger charge is 2.41. The van der Waals surface area contributed by atoms with Crippen LogP contribution in [0, 0.1) is 0 Å². The minimum absolute atomic E-state index is 0.176. The van der Waals surface area contributed by atoms with Crippen LogP contribution in [0.5, 0.6) is 11.5 Å². The smallest absolute Gasteiger partial charge is 0.250 e. The number of rotatable bonds is 14. The van der Waals surface area contributed by atoms with E-state index in [2.05, 4.69) is 195 Å². The second kappa shape index (κ2) is 17.5. The average molecular weight is 842 g/mol. The molecule has 0 saturated carbocycles. The van der Waals surface area contributed by atoms with Crippen molar-refractivity contribution in [2.24, 2.45) is 0 Å². The molecule has 1 radical (unpaired) electrons. The lowest BCUT2D eigenvalue weighted by Crippen LogP contribution is -2.39. The molecule has 4 unspecified atom stereocenters. The van der Waals surface area contributed by atoms with Crippen LogP contribution < -0.4 is 8.85 Å². The molecule has 0 heterocycles. The molecule has 60 heavy (non-hydrogen) atoms. The maximum absolute atomic E-state index is 6.95. The highest BCUT2D eigenvalue weighted by atomic mass is 28.4. The van der Waals surface area contributed by atoms with Gasteiger partial charge in [0, 0.05) is 11.8 Å². The van der Waals surface area contributed by atoms with E-state index in [1.54, 1.807) is 0 Å². The van der Waals surface area contributed by atoms with Crippen molar-refractivity contribution >= 4 is 47.0 Å². The maximum Gasteiger partial charge on any atom is 0.250 e. The van der Waals surface area contributed by atoms with Gasteiger partial charge in [-0.25, -0.2) is 0 Å². The van der Waals surface area contributed by atoms with Gasteiger partial charge in [0.2, 0.25) is 16.6 Å². The first-order valence-corrected chi connectivity index (χ1v) is 30.1. The monoisotopic (exact) mass is 841 g/mol. The molecule has 0 spiro atoms. The second-order valence-corrected chi connectivity index (χ2v) is 29.8. The van der Waals surface area contributed by atoms with Crippen LogP contribution in [0.15, 0.2) is 167 Å². The molecule has 4 aliphatic rings. The van der Waals surface area contributed by atoms with Crippen LogP contribution in [-0.2, 0) is 0 Å². The molecule has 8 rings (SSSR count). The quantitative estimate of drug-likeness (QED) is 0.118. The summed E-state index contributed by atoms with van der Waals surface area (Å²) in [6.07, 6.45) is 24.0. The molecule has 4 aromatic carbocycles. The Labute approximate surface area is 364 Å². The van der Waals surface area contributed by atoms with Crippen molar-refractivity contribution in [3.8, 4) is 11.5 Å². The van der Waals surface area contributed by atoms with Gasteiger partial charge < -0.3 is 8.85 Å². The van der Waals surface area contributed by atoms with Gasteiger partial charge >= 0.3 is 0 Å². The fraction of sp³-hybridized carbons (Fsp3) is 0.345. The van der Waals surface area contributed by atoms with Crippen molar-refractivity contribution in [2.75, 3.05) is 0 Å². The maximum atomic E-state index is 6.95. The van der Waals surface area contributed by atoms with Gasteiger partial charge in [-0.2, -0.15) is 0 Å². The summed E-state index contributed by atoms with van der Waals surface area (Å²) >= 11 is 0. The SMILES string of the molecule is CC[Si](CC)(CC)Oc1ccc2cccc(C3C=CC=CC4=C3C=C(C)C4[Si](C)C3C(C)=CC4=C3C=CC=CC4c3cccc4ccc(O[Si](CC)(CC)CC)cc34)c2c1. The first-order valence-electron chi connectivity index (χ1n) is 22.9. The van der Waals surface area contributed by atoms with E-state index in [9.17, 15) is 0 Å². The van der Waals surface area contributed by atoms with Crippen LogP contribution in [-0.4, -0.2) is 25.4 Å². The Bertz CT molecular complexity index is 2340. The third-order valence-corrected chi connectivity index (χ3v) is 27.3. The van der Waals surface area contributed by atoms with Crippen molar-refractivity contribution < 1.29 is 8.85 Å². The van der Waals surface area contributed by atoms with Gasteiger partial charge in [0.1, 0.15) is 11.5 Å². The molecule has 5 heteroatoms. The average Bonchev–Trinajstić information content (AvgIpc) is 3.59. The van der Waals surface area contributed by atoms with E-state index < -0.39 is 25.4 Å². The lowest BCUT2D eigenvalue weighted by Gasteiger charge is -2.30. The minimum atomic E-state index is -1.81. The second-order valence-electron chi connectivity index (χ2n) is 17.8. The Morgan fingerprint density at radius 3 is 1.28 bits per heavy atom. The number of benzene rings is 4. The predicted octanol–water partition coefficient (Wildman–Crippen LogP) is 16.3. The number of hydrogen-bond donors (Lipinski definition) is 0. The van der Waals surface area contributed by atoms with E-state index in [1.807, 2.05) is 0 Å². The lowest BCUT2D eigenvalue weighted by atomic mass is 9.86. The van der Waals surface area contributed by atoms with Crippen LogP contribution in [0.25, 0.3) is 21.5 Å². The van der Waals surface area contributed by atoms with E-state index >= 15 is 0 Å². The predicted molar refractivity (Wildman–Crippen MR) is 266 cm³/mol. The summed E-state index contributed by atoms with van der Waals surface area (Å²) in [5.74, 6) is 2.43. The van der Waals surface area contributed by atoms with Crippen molar-refractivity contribution in [1.82, 2.24) is 0 Å². The Hall–Kier alpha value is -4.43. The fourth-order valence-electron chi connectivity index (χ4n) is 11.0. The first kappa shape index (κ1) is 42.3. The summed E-state index contributed by atoms with van der Waals surface area (Å²) in [6, 6.07) is 34.2. The number of fused-ring (bicyclic) bond motifs is 2. The highest BCUT2D eigenvalue weighted by molar-refractivity contribution is 6.74. The highest BCUT2D eigenvalue weighted by Crippen LogP contribution is 2.54. The Morgan fingerprint density at radius 2 is 0.900 bits per heavy atom. The summed E-state index contributed by atoms with van der Waals surface area (Å²) in [4.78, 5) is 0. The molecule has 4 aromatic rings. The van der Waals surface area contributed by atoms with E-state index in [4.69, 9.17) is 8.85 Å². The van der Waals surface area contributed by atoms with Crippen molar-refractivity contribution in [3.05, 3.63) is 178 Å². The molecule has 0 fully saturated rings. The number of allylic oxidation sites excluding steroid dienone is 16. The van der Waals surface area contributed by atoms with Crippen molar-refractivity contribution in [1.29, 1.82) is 0 Å². The summed E-state index contributed by atoms with van der Waals surface area (Å²) < 4.78 is 13.9. The van der Waals surface area contributed by atoms with Gasteiger partial charge in [0.15, 0.2) is 0 Å². The molecular weight excluding hydrogens is 777 g/mol. The lowest BCUT2D eigenvalue weighted by molar-refractivity contribution is 0.532. The zero-order valence-electron chi connectivity index (χ0n) is 37.6. The summed E-state index contributed by atoms with van der Waals surface area (Å²) in [5.41, 5.74) is 12.6. The molecule has 0 amide bonds. The van der Waals surface area contributed by atoms with Crippen LogP contribution in [0.1, 0.15) is 78.4 Å². The van der Waals surface area contributed by atoms with Gasteiger partial charge in [-0.1, -0.05) is 169 Å². The van der Waals surface area contributed by atoms with Crippen LogP contribution in [0.3, 0.4) is 0 Å². The molecule has 0 aromatic heterocycles. The van der Waals surface area contributed by atoms with E-state index in [-0.39, 0.29) is 11.8 Å².